The number of thiophene rings is 1. The maximum Gasteiger partial charge on any atom is 0.225 e. The number of nitrogens with one attached hydrogen (secondary N) is 1. The lowest BCUT2D eigenvalue weighted by Gasteiger charge is -2.08. The summed E-state index contributed by atoms with van der Waals surface area (Å²) in [5.74, 6) is 0.878. The Hall–Kier alpha value is -1.81. The molecule has 4 heteroatoms. The van der Waals surface area contributed by atoms with Gasteiger partial charge < -0.3 is 10.1 Å². The minimum absolute atomic E-state index is 0.0373. The van der Waals surface area contributed by atoms with Crippen LogP contribution in [0.15, 0.2) is 41.8 Å². The molecule has 0 bridgehead atoms. The number of benzene rings is 1. The molecule has 0 radical (unpaired) electrons. The third-order valence-corrected chi connectivity index (χ3v) is 3.47. The first-order valence-corrected chi connectivity index (χ1v) is 7.10. The number of hydrogen-bond acceptors (Lipinski definition) is 3. The van der Waals surface area contributed by atoms with Gasteiger partial charge in [0.2, 0.25) is 5.91 Å². The Morgan fingerprint density at radius 2 is 2.21 bits per heavy atom. The van der Waals surface area contributed by atoms with Crippen LogP contribution in [0.3, 0.4) is 0 Å². The lowest BCUT2D eigenvalue weighted by molar-refractivity contribution is -0.120. The number of rotatable bonds is 6. The molecule has 1 heterocycles. The van der Waals surface area contributed by atoms with Crippen LogP contribution in [0, 0.1) is 6.92 Å². The van der Waals surface area contributed by atoms with Crippen LogP contribution in [0.25, 0.3) is 0 Å². The monoisotopic (exact) mass is 275 g/mol. The third-order valence-electron chi connectivity index (χ3n) is 2.60. The average molecular weight is 275 g/mol. The molecular weight excluding hydrogens is 258 g/mol. The molecule has 100 valence electrons. The second-order valence-corrected chi connectivity index (χ2v) is 5.30. The van der Waals surface area contributed by atoms with Crippen molar-refractivity contribution in [2.45, 2.75) is 13.3 Å². The van der Waals surface area contributed by atoms with Gasteiger partial charge in [-0.15, -0.1) is 11.3 Å². The predicted octanol–water partition coefficient (Wildman–Crippen LogP) is 2.79. The third kappa shape index (κ3) is 4.75. The molecule has 0 aliphatic rings. The Morgan fingerprint density at radius 3 is 2.95 bits per heavy atom. The van der Waals surface area contributed by atoms with E-state index in [0.29, 0.717) is 19.6 Å². The number of carbonyl (C=O) groups is 1. The minimum atomic E-state index is 0.0373. The van der Waals surface area contributed by atoms with Gasteiger partial charge in [-0.25, -0.2) is 0 Å². The van der Waals surface area contributed by atoms with Crippen LogP contribution >= 0.6 is 11.3 Å². The van der Waals surface area contributed by atoms with Gasteiger partial charge in [-0.05, 0) is 36.1 Å². The Balaban J connectivity index is 1.65. The molecule has 1 amide bonds. The second kappa shape index (κ2) is 6.95. The highest BCUT2D eigenvalue weighted by Gasteiger charge is 2.03. The first-order valence-electron chi connectivity index (χ1n) is 6.22. The van der Waals surface area contributed by atoms with Crippen molar-refractivity contribution in [3.05, 3.63) is 52.2 Å². The van der Waals surface area contributed by atoms with Crippen LogP contribution in [-0.2, 0) is 11.2 Å². The molecule has 0 saturated carbocycles. The van der Waals surface area contributed by atoms with E-state index >= 15 is 0 Å². The van der Waals surface area contributed by atoms with E-state index in [1.165, 1.54) is 5.56 Å². The Morgan fingerprint density at radius 1 is 1.32 bits per heavy atom. The van der Waals surface area contributed by atoms with Gasteiger partial charge in [-0.2, -0.15) is 0 Å². The number of amides is 1. The van der Waals surface area contributed by atoms with Gasteiger partial charge in [0.05, 0.1) is 13.0 Å². The number of hydrogen-bond donors (Lipinski definition) is 1. The Bertz CT molecular complexity index is 523. The van der Waals surface area contributed by atoms with E-state index in [9.17, 15) is 4.79 Å². The zero-order valence-corrected chi connectivity index (χ0v) is 11.7. The molecule has 2 rings (SSSR count). The predicted molar refractivity (Wildman–Crippen MR) is 77.7 cm³/mol. The average Bonchev–Trinajstić information content (AvgIpc) is 2.87. The van der Waals surface area contributed by atoms with Crippen LogP contribution in [-0.4, -0.2) is 19.1 Å². The van der Waals surface area contributed by atoms with Crippen molar-refractivity contribution in [1.29, 1.82) is 0 Å². The normalized spacial score (nSPS) is 10.2. The van der Waals surface area contributed by atoms with Crippen molar-refractivity contribution in [2.24, 2.45) is 0 Å². The van der Waals surface area contributed by atoms with E-state index in [4.69, 9.17) is 4.74 Å². The van der Waals surface area contributed by atoms with E-state index < -0.39 is 0 Å². The van der Waals surface area contributed by atoms with Crippen molar-refractivity contribution < 1.29 is 9.53 Å². The van der Waals surface area contributed by atoms with E-state index in [2.05, 4.69) is 5.32 Å². The van der Waals surface area contributed by atoms with Crippen molar-refractivity contribution in [3.8, 4) is 5.75 Å². The second-order valence-electron chi connectivity index (χ2n) is 4.27. The highest BCUT2D eigenvalue weighted by molar-refractivity contribution is 7.10. The molecule has 1 aromatic carbocycles. The lowest BCUT2D eigenvalue weighted by atomic mass is 10.2. The molecule has 2 aromatic rings. The Kier molecular flexibility index (Phi) is 4.98. The van der Waals surface area contributed by atoms with Crippen LogP contribution in [0.4, 0.5) is 0 Å². The van der Waals surface area contributed by atoms with E-state index in [-0.39, 0.29) is 5.91 Å². The molecule has 0 aliphatic heterocycles. The van der Waals surface area contributed by atoms with E-state index in [1.807, 2.05) is 48.7 Å². The summed E-state index contributed by atoms with van der Waals surface area (Å²) in [6, 6.07) is 11.8. The van der Waals surface area contributed by atoms with Gasteiger partial charge in [0.25, 0.3) is 0 Å². The summed E-state index contributed by atoms with van der Waals surface area (Å²) in [4.78, 5) is 12.7. The number of carbonyl (C=O) groups excluding carboxylic acids is 1. The fraction of sp³-hybridized carbons (Fsp3) is 0.267. The molecule has 0 saturated heterocycles. The molecule has 1 N–H and O–H groups in total. The first-order chi connectivity index (χ1) is 9.24. The summed E-state index contributed by atoms with van der Waals surface area (Å²) in [5, 5.41) is 4.82. The summed E-state index contributed by atoms with van der Waals surface area (Å²) >= 11 is 1.60. The summed E-state index contributed by atoms with van der Waals surface area (Å²) < 4.78 is 5.56. The maximum absolute atomic E-state index is 11.6. The van der Waals surface area contributed by atoms with Crippen LogP contribution < -0.4 is 10.1 Å². The van der Waals surface area contributed by atoms with Gasteiger partial charge in [0.1, 0.15) is 12.4 Å². The number of ether oxygens (including phenoxy) is 1. The fourth-order valence-electron chi connectivity index (χ4n) is 1.70. The molecule has 3 nitrogen and oxygen atoms in total. The maximum atomic E-state index is 11.6. The topological polar surface area (TPSA) is 38.3 Å². The molecule has 0 unspecified atom stereocenters. The largest absolute Gasteiger partial charge is 0.492 e. The van der Waals surface area contributed by atoms with Gasteiger partial charge in [-0.1, -0.05) is 18.2 Å². The molecular formula is C15H17NO2S. The zero-order chi connectivity index (χ0) is 13.5. The van der Waals surface area contributed by atoms with Crippen molar-refractivity contribution in [3.63, 3.8) is 0 Å². The van der Waals surface area contributed by atoms with Crippen LogP contribution in [0.1, 0.15) is 10.4 Å². The minimum Gasteiger partial charge on any atom is -0.492 e. The smallest absolute Gasteiger partial charge is 0.225 e. The summed E-state index contributed by atoms with van der Waals surface area (Å²) in [6.07, 6.45) is 0.447. The molecule has 0 fully saturated rings. The van der Waals surface area contributed by atoms with Gasteiger partial charge in [0.15, 0.2) is 0 Å². The number of aryl methyl sites for hydroxylation is 1. The van der Waals surface area contributed by atoms with Crippen molar-refractivity contribution >= 4 is 17.2 Å². The first kappa shape index (κ1) is 13.6. The van der Waals surface area contributed by atoms with E-state index in [1.54, 1.807) is 11.3 Å². The molecule has 0 atom stereocenters. The van der Waals surface area contributed by atoms with Crippen molar-refractivity contribution in [1.82, 2.24) is 5.32 Å². The van der Waals surface area contributed by atoms with Crippen molar-refractivity contribution in [2.75, 3.05) is 13.2 Å². The SMILES string of the molecule is Cc1cccc(OCCNC(=O)Cc2cccs2)c1. The Labute approximate surface area is 117 Å². The lowest BCUT2D eigenvalue weighted by Crippen LogP contribution is -2.29. The summed E-state index contributed by atoms with van der Waals surface area (Å²) in [6.45, 7) is 3.04. The summed E-state index contributed by atoms with van der Waals surface area (Å²) in [7, 11) is 0. The van der Waals surface area contributed by atoms with Crippen LogP contribution in [0.5, 0.6) is 5.75 Å². The molecule has 19 heavy (non-hydrogen) atoms. The quantitative estimate of drug-likeness (QED) is 0.823. The van der Waals surface area contributed by atoms with Crippen LogP contribution in [0.2, 0.25) is 0 Å². The summed E-state index contributed by atoms with van der Waals surface area (Å²) in [5.41, 5.74) is 1.17. The van der Waals surface area contributed by atoms with Gasteiger partial charge in [-0.3, -0.25) is 4.79 Å². The van der Waals surface area contributed by atoms with Gasteiger partial charge in [0, 0.05) is 4.88 Å². The zero-order valence-electron chi connectivity index (χ0n) is 10.9. The van der Waals surface area contributed by atoms with E-state index in [0.717, 1.165) is 10.6 Å². The highest BCUT2D eigenvalue weighted by Crippen LogP contribution is 2.12. The molecule has 0 spiro atoms. The molecule has 0 aliphatic carbocycles. The standard InChI is InChI=1S/C15H17NO2S/c1-12-4-2-5-13(10-12)18-8-7-16-15(17)11-14-6-3-9-19-14/h2-6,9-10H,7-8,11H2,1H3,(H,16,17). The molecule has 1 aromatic heterocycles. The van der Waals surface area contributed by atoms with Gasteiger partial charge >= 0.3 is 0 Å². The fourth-order valence-corrected chi connectivity index (χ4v) is 2.40. The highest BCUT2D eigenvalue weighted by atomic mass is 32.1.